The molecule has 0 atom stereocenters. The fraction of sp³-hybridized carbons (Fsp3) is 0.400. The Morgan fingerprint density at radius 3 is 2.29 bits per heavy atom. The molecule has 0 heterocycles. The summed E-state index contributed by atoms with van der Waals surface area (Å²) in [5, 5.41) is 20.4. The molecule has 0 aliphatic carbocycles. The number of carboxylic acid groups (broad SMARTS) is 1. The Morgan fingerprint density at radius 1 is 1.29 bits per heavy atom. The Kier molecular flexibility index (Phi) is 5.73. The van der Waals surface area contributed by atoms with Gasteiger partial charge in [-0.15, -0.1) is 0 Å². The van der Waals surface area contributed by atoms with Gasteiger partial charge in [-0.05, 0) is 37.1 Å². The average molecular weight is 290 g/mol. The zero-order valence-corrected chi connectivity index (χ0v) is 12.0. The molecule has 1 amide bonds. The van der Waals surface area contributed by atoms with Crippen molar-refractivity contribution in [2.24, 2.45) is 0 Å². The summed E-state index contributed by atoms with van der Waals surface area (Å²) in [6.07, 6.45) is 0.586. The van der Waals surface area contributed by atoms with E-state index in [1.807, 2.05) is 6.07 Å². The number of nitrogens with zero attached hydrogens (tertiary/aromatic N) is 1. The number of carbonyl (C=O) groups excluding carboxylic acids is 1. The topological polar surface area (TPSA) is 99.4 Å². The Bertz CT molecular complexity index is 542. The summed E-state index contributed by atoms with van der Waals surface area (Å²) in [6, 6.07) is 8.29. The van der Waals surface area contributed by atoms with Crippen molar-refractivity contribution in [3.63, 3.8) is 0 Å². The summed E-state index contributed by atoms with van der Waals surface area (Å²) < 4.78 is 5.27. The van der Waals surface area contributed by atoms with Crippen LogP contribution in [0.4, 0.5) is 0 Å². The molecule has 0 radical (unpaired) electrons. The molecule has 21 heavy (non-hydrogen) atoms. The van der Waals surface area contributed by atoms with Gasteiger partial charge in [0.25, 0.3) is 5.91 Å². The highest BCUT2D eigenvalue weighted by atomic mass is 16.5. The van der Waals surface area contributed by atoms with Crippen LogP contribution in [0.2, 0.25) is 0 Å². The lowest BCUT2D eigenvalue weighted by Gasteiger charge is -2.27. The number of nitriles is 1. The molecule has 0 aliphatic heterocycles. The summed E-state index contributed by atoms with van der Waals surface area (Å²) in [5.74, 6) is -1.11. The molecule has 0 bridgehead atoms. The number of carbonyl (C=O) groups is 2. The first kappa shape index (κ1) is 16.5. The van der Waals surface area contributed by atoms with E-state index < -0.39 is 17.4 Å². The number of rotatable bonds is 7. The number of carboxylic acids is 1. The zero-order valence-electron chi connectivity index (χ0n) is 12.0. The molecular formula is C15H18N2O4. The predicted molar refractivity (Wildman–Crippen MR) is 75.7 cm³/mol. The molecular weight excluding hydrogens is 272 g/mol. The van der Waals surface area contributed by atoms with E-state index >= 15 is 0 Å². The van der Waals surface area contributed by atoms with Crippen molar-refractivity contribution in [1.82, 2.24) is 5.32 Å². The van der Waals surface area contributed by atoms with Crippen LogP contribution in [0.5, 0.6) is 5.75 Å². The van der Waals surface area contributed by atoms with Gasteiger partial charge in [0.1, 0.15) is 11.3 Å². The summed E-state index contributed by atoms with van der Waals surface area (Å²) in [6.45, 7) is 3.14. The maximum Gasteiger partial charge on any atom is 0.329 e. The lowest BCUT2D eigenvalue weighted by Crippen LogP contribution is -2.54. The van der Waals surface area contributed by atoms with E-state index in [1.165, 1.54) is 0 Å². The van der Waals surface area contributed by atoms with E-state index in [4.69, 9.17) is 10.00 Å². The summed E-state index contributed by atoms with van der Waals surface area (Å²) in [7, 11) is 0. The molecule has 0 saturated carbocycles. The summed E-state index contributed by atoms with van der Waals surface area (Å²) in [4.78, 5) is 23.1. The minimum Gasteiger partial charge on any atom is -0.484 e. The first-order valence-corrected chi connectivity index (χ1v) is 6.64. The Balaban J connectivity index is 2.61. The van der Waals surface area contributed by atoms with Crippen molar-refractivity contribution in [3.8, 4) is 11.8 Å². The number of hydrogen-bond donors (Lipinski definition) is 2. The maximum absolute atomic E-state index is 11.8. The molecule has 2 N–H and O–H groups in total. The van der Waals surface area contributed by atoms with Gasteiger partial charge in [-0.25, -0.2) is 4.79 Å². The van der Waals surface area contributed by atoms with Gasteiger partial charge in [-0.2, -0.15) is 5.26 Å². The van der Waals surface area contributed by atoms with Crippen molar-refractivity contribution in [1.29, 1.82) is 5.26 Å². The summed E-state index contributed by atoms with van der Waals surface area (Å²) >= 11 is 0. The van der Waals surface area contributed by atoms with E-state index in [0.717, 1.165) is 0 Å². The van der Waals surface area contributed by atoms with Crippen LogP contribution in [0.15, 0.2) is 24.3 Å². The third kappa shape index (κ3) is 4.21. The van der Waals surface area contributed by atoms with Gasteiger partial charge in [-0.1, -0.05) is 13.8 Å². The van der Waals surface area contributed by atoms with E-state index in [2.05, 4.69) is 5.32 Å². The number of aliphatic carboxylic acids is 1. The van der Waals surface area contributed by atoms with Crippen molar-refractivity contribution in [2.75, 3.05) is 6.61 Å². The number of hydrogen-bond acceptors (Lipinski definition) is 4. The predicted octanol–water partition coefficient (Wildman–Crippen LogP) is 1.70. The zero-order chi connectivity index (χ0) is 15.9. The van der Waals surface area contributed by atoms with Crippen molar-refractivity contribution < 1.29 is 19.4 Å². The van der Waals surface area contributed by atoms with Crippen LogP contribution in [0.3, 0.4) is 0 Å². The van der Waals surface area contributed by atoms with E-state index in [9.17, 15) is 14.7 Å². The fourth-order valence-electron chi connectivity index (χ4n) is 1.86. The molecule has 1 rings (SSSR count). The van der Waals surface area contributed by atoms with Crippen LogP contribution in [-0.4, -0.2) is 29.1 Å². The molecule has 0 aliphatic rings. The minimum absolute atomic E-state index is 0.277. The highest BCUT2D eigenvalue weighted by molar-refractivity contribution is 5.87. The molecule has 0 spiro atoms. The first-order chi connectivity index (χ1) is 9.97. The monoisotopic (exact) mass is 290 g/mol. The molecule has 0 saturated heterocycles. The normalized spacial score (nSPS) is 10.5. The molecule has 112 valence electrons. The smallest absolute Gasteiger partial charge is 0.329 e. The molecule has 1 aromatic carbocycles. The molecule has 0 fully saturated rings. The van der Waals surface area contributed by atoms with Gasteiger partial charge in [0, 0.05) is 0 Å². The number of nitrogens with one attached hydrogen (secondary N) is 1. The molecule has 0 aromatic heterocycles. The lowest BCUT2D eigenvalue weighted by atomic mass is 9.93. The minimum atomic E-state index is -1.26. The van der Waals surface area contributed by atoms with E-state index in [1.54, 1.807) is 38.1 Å². The van der Waals surface area contributed by atoms with E-state index in [-0.39, 0.29) is 6.61 Å². The lowest BCUT2D eigenvalue weighted by molar-refractivity contribution is -0.148. The van der Waals surface area contributed by atoms with Gasteiger partial charge in [-0.3, -0.25) is 4.79 Å². The van der Waals surface area contributed by atoms with Crippen LogP contribution in [0.25, 0.3) is 0 Å². The second-order valence-electron chi connectivity index (χ2n) is 4.57. The molecule has 6 nitrogen and oxygen atoms in total. The van der Waals surface area contributed by atoms with E-state index in [0.29, 0.717) is 24.2 Å². The number of ether oxygens (including phenoxy) is 1. The largest absolute Gasteiger partial charge is 0.484 e. The Morgan fingerprint density at radius 2 is 1.86 bits per heavy atom. The molecule has 0 unspecified atom stereocenters. The number of benzene rings is 1. The summed E-state index contributed by atoms with van der Waals surface area (Å²) in [5.41, 5.74) is -0.765. The SMILES string of the molecule is CCC(CC)(NC(=O)COc1ccc(C#N)cc1)C(=O)O. The van der Waals surface area contributed by atoms with Crippen molar-refractivity contribution in [2.45, 2.75) is 32.2 Å². The third-order valence-electron chi connectivity index (χ3n) is 3.35. The number of amides is 1. The Labute approximate surface area is 123 Å². The quantitative estimate of drug-likeness (QED) is 0.796. The fourth-order valence-corrected chi connectivity index (χ4v) is 1.86. The average Bonchev–Trinajstić information content (AvgIpc) is 2.50. The van der Waals surface area contributed by atoms with Crippen molar-refractivity contribution >= 4 is 11.9 Å². The van der Waals surface area contributed by atoms with Crippen LogP contribution >= 0.6 is 0 Å². The highest BCUT2D eigenvalue weighted by Gasteiger charge is 2.36. The standard InChI is InChI=1S/C15H18N2O4/c1-3-15(4-2,14(19)20)17-13(18)10-21-12-7-5-11(9-16)6-8-12/h5-8H,3-4,10H2,1-2H3,(H,17,18)(H,19,20). The molecule has 1 aromatic rings. The van der Waals surface area contributed by atoms with Crippen LogP contribution in [0, 0.1) is 11.3 Å². The van der Waals surface area contributed by atoms with Crippen LogP contribution < -0.4 is 10.1 Å². The second-order valence-corrected chi connectivity index (χ2v) is 4.57. The maximum atomic E-state index is 11.8. The van der Waals surface area contributed by atoms with Gasteiger partial charge in [0.05, 0.1) is 11.6 Å². The molecule has 6 heteroatoms. The van der Waals surface area contributed by atoms with Crippen LogP contribution in [-0.2, 0) is 9.59 Å². The van der Waals surface area contributed by atoms with Gasteiger partial charge in [0.15, 0.2) is 6.61 Å². The van der Waals surface area contributed by atoms with Crippen LogP contribution in [0.1, 0.15) is 32.3 Å². The van der Waals surface area contributed by atoms with Crippen molar-refractivity contribution in [3.05, 3.63) is 29.8 Å². The first-order valence-electron chi connectivity index (χ1n) is 6.64. The second kappa shape index (κ2) is 7.29. The van der Waals surface area contributed by atoms with Gasteiger partial charge in [0.2, 0.25) is 0 Å². The van der Waals surface area contributed by atoms with Gasteiger partial charge >= 0.3 is 5.97 Å². The third-order valence-corrected chi connectivity index (χ3v) is 3.35. The Hall–Kier alpha value is -2.55. The highest BCUT2D eigenvalue weighted by Crippen LogP contribution is 2.16. The van der Waals surface area contributed by atoms with Gasteiger partial charge < -0.3 is 15.2 Å².